The van der Waals surface area contributed by atoms with E-state index in [1.807, 2.05) is 0 Å². The summed E-state index contributed by atoms with van der Waals surface area (Å²) in [6, 6.07) is 9.26. The molecule has 0 amide bonds. The summed E-state index contributed by atoms with van der Waals surface area (Å²) in [7, 11) is -4.15. The molecule has 0 aliphatic heterocycles. The van der Waals surface area contributed by atoms with Crippen molar-refractivity contribution >= 4 is 21.7 Å². The highest BCUT2D eigenvalue weighted by atomic mass is 32.2. The van der Waals surface area contributed by atoms with Crippen LogP contribution < -0.4 is 4.72 Å². The maximum absolute atomic E-state index is 13.6. The van der Waals surface area contributed by atoms with Gasteiger partial charge < -0.3 is 9.63 Å². The van der Waals surface area contributed by atoms with Crippen LogP contribution in [0.25, 0.3) is 0 Å². The maximum Gasteiger partial charge on any atom is 0.338 e. The molecule has 1 aliphatic carbocycles. The quantitative estimate of drug-likeness (QED) is 0.605. The Balaban J connectivity index is 1.60. The molecule has 2 N–H and O–H groups in total. The van der Waals surface area contributed by atoms with Crippen LogP contribution in [0, 0.1) is 5.82 Å². The van der Waals surface area contributed by atoms with Crippen molar-refractivity contribution in [2.24, 2.45) is 0 Å². The first-order valence-electron chi connectivity index (χ1n) is 8.79. The SMILES string of the molecule is O=C(O)c1cc(S(=O)(=O)Nc2ccccc2Cc2nc(C3CC3)no2)ccc1F. The largest absolute Gasteiger partial charge is 0.478 e. The van der Waals surface area contributed by atoms with Crippen molar-refractivity contribution in [2.75, 3.05) is 4.72 Å². The van der Waals surface area contributed by atoms with Crippen LogP contribution in [0.5, 0.6) is 0 Å². The zero-order chi connectivity index (χ0) is 20.6. The Labute approximate surface area is 165 Å². The number of sulfonamides is 1. The fourth-order valence-electron chi connectivity index (χ4n) is 2.82. The number of carbonyl (C=O) groups is 1. The van der Waals surface area contributed by atoms with E-state index in [2.05, 4.69) is 14.9 Å². The van der Waals surface area contributed by atoms with Crippen molar-refractivity contribution in [3.05, 3.63) is 71.1 Å². The van der Waals surface area contributed by atoms with Crippen LogP contribution in [0.4, 0.5) is 10.1 Å². The Hall–Kier alpha value is -3.27. The van der Waals surface area contributed by atoms with Gasteiger partial charge in [-0.3, -0.25) is 4.72 Å². The molecular formula is C19H16FN3O5S. The van der Waals surface area contributed by atoms with Gasteiger partial charge in [-0.15, -0.1) is 0 Å². The number of rotatable bonds is 7. The van der Waals surface area contributed by atoms with E-state index in [4.69, 9.17) is 9.63 Å². The lowest BCUT2D eigenvalue weighted by Gasteiger charge is -2.12. The van der Waals surface area contributed by atoms with Crippen molar-refractivity contribution in [2.45, 2.75) is 30.1 Å². The number of halogens is 1. The summed E-state index contributed by atoms with van der Waals surface area (Å²) in [6.45, 7) is 0. The van der Waals surface area contributed by atoms with Gasteiger partial charge in [0.1, 0.15) is 5.82 Å². The van der Waals surface area contributed by atoms with Gasteiger partial charge in [-0.25, -0.2) is 17.6 Å². The summed E-state index contributed by atoms with van der Waals surface area (Å²) in [5.74, 6) is -1.20. The first kappa shape index (κ1) is 19.1. The Morgan fingerprint density at radius 1 is 1.24 bits per heavy atom. The molecule has 1 fully saturated rings. The summed E-state index contributed by atoms with van der Waals surface area (Å²) in [6.07, 6.45) is 2.29. The third-order valence-corrected chi connectivity index (χ3v) is 5.87. The predicted octanol–water partition coefficient (Wildman–Crippen LogP) is 3.18. The minimum absolute atomic E-state index is 0.224. The van der Waals surface area contributed by atoms with Gasteiger partial charge in [0.15, 0.2) is 5.82 Å². The summed E-state index contributed by atoms with van der Waals surface area (Å²) in [4.78, 5) is 15.1. The number of para-hydroxylation sites is 1. The second-order valence-corrected chi connectivity index (χ2v) is 8.39. The van der Waals surface area contributed by atoms with E-state index in [1.165, 1.54) is 0 Å². The van der Waals surface area contributed by atoms with Crippen LogP contribution in [0.15, 0.2) is 51.9 Å². The van der Waals surface area contributed by atoms with Gasteiger partial charge in [0.05, 0.1) is 22.6 Å². The van der Waals surface area contributed by atoms with Crippen LogP contribution in [-0.4, -0.2) is 29.6 Å². The van der Waals surface area contributed by atoms with Gasteiger partial charge in [-0.1, -0.05) is 23.4 Å². The highest BCUT2D eigenvalue weighted by Crippen LogP contribution is 2.38. The standard InChI is InChI=1S/C19H16FN3O5S/c20-15-8-7-13(10-14(15)19(24)25)29(26,27)23-16-4-2-1-3-12(16)9-17-21-18(22-28-17)11-5-6-11/h1-4,7-8,10-11,23H,5-6,9H2,(H,24,25). The van der Waals surface area contributed by atoms with E-state index >= 15 is 0 Å². The minimum Gasteiger partial charge on any atom is -0.478 e. The van der Waals surface area contributed by atoms with Gasteiger partial charge in [0.25, 0.3) is 10.0 Å². The summed E-state index contributed by atoms with van der Waals surface area (Å²) < 4.78 is 46.7. The van der Waals surface area contributed by atoms with Crippen LogP contribution >= 0.6 is 0 Å². The van der Waals surface area contributed by atoms with Crippen molar-refractivity contribution in [1.82, 2.24) is 10.1 Å². The highest BCUT2D eigenvalue weighted by Gasteiger charge is 2.29. The molecule has 8 nitrogen and oxygen atoms in total. The fraction of sp³-hybridized carbons (Fsp3) is 0.211. The Bertz CT molecular complexity index is 1190. The van der Waals surface area contributed by atoms with Crippen molar-refractivity contribution in [1.29, 1.82) is 0 Å². The molecule has 29 heavy (non-hydrogen) atoms. The molecule has 3 aromatic rings. The highest BCUT2D eigenvalue weighted by molar-refractivity contribution is 7.92. The smallest absolute Gasteiger partial charge is 0.338 e. The number of hydrogen-bond donors (Lipinski definition) is 2. The monoisotopic (exact) mass is 417 g/mol. The molecule has 0 bridgehead atoms. The van der Waals surface area contributed by atoms with Gasteiger partial charge in [0, 0.05) is 5.92 Å². The van der Waals surface area contributed by atoms with E-state index < -0.39 is 27.4 Å². The van der Waals surface area contributed by atoms with Crippen LogP contribution in [0.1, 0.15) is 46.4 Å². The molecule has 150 valence electrons. The molecule has 0 saturated heterocycles. The van der Waals surface area contributed by atoms with Crippen LogP contribution in [0.2, 0.25) is 0 Å². The lowest BCUT2D eigenvalue weighted by molar-refractivity contribution is 0.0691. The van der Waals surface area contributed by atoms with E-state index in [-0.39, 0.29) is 17.0 Å². The number of hydrogen-bond acceptors (Lipinski definition) is 6. The van der Waals surface area contributed by atoms with Crippen molar-refractivity contribution < 1.29 is 27.2 Å². The lowest BCUT2D eigenvalue weighted by atomic mass is 10.1. The van der Waals surface area contributed by atoms with Crippen LogP contribution in [0.3, 0.4) is 0 Å². The predicted molar refractivity (Wildman–Crippen MR) is 99.7 cm³/mol. The number of benzene rings is 2. The Morgan fingerprint density at radius 2 is 2.00 bits per heavy atom. The van der Waals surface area contributed by atoms with Crippen molar-refractivity contribution in [3.8, 4) is 0 Å². The molecule has 1 heterocycles. The van der Waals surface area contributed by atoms with E-state index in [0.29, 0.717) is 23.2 Å². The van der Waals surface area contributed by atoms with Gasteiger partial charge in [-0.2, -0.15) is 4.98 Å². The first-order valence-corrected chi connectivity index (χ1v) is 10.3. The molecule has 2 aromatic carbocycles. The normalized spacial score (nSPS) is 14.0. The minimum atomic E-state index is -4.15. The molecule has 0 spiro atoms. The zero-order valence-corrected chi connectivity index (χ0v) is 15.8. The third-order valence-electron chi connectivity index (χ3n) is 4.51. The molecule has 1 aromatic heterocycles. The number of nitrogens with zero attached hydrogens (tertiary/aromatic N) is 2. The molecule has 0 unspecified atom stereocenters. The van der Waals surface area contributed by atoms with Gasteiger partial charge in [0.2, 0.25) is 5.89 Å². The Morgan fingerprint density at radius 3 is 2.72 bits per heavy atom. The summed E-state index contributed by atoms with van der Waals surface area (Å²) >= 11 is 0. The first-order chi connectivity index (χ1) is 13.8. The second kappa shape index (κ2) is 7.28. The fourth-order valence-corrected chi connectivity index (χ4v) is 3.95. The number of nitrogens with one attached hydrogen (secondary N) is 1. The van der Waals surface area contributed by atoms with Crippen molar-refractivity contribution in [3.63, 3.8) is 0 Å². The lowest BCUT2D eigenvalue weighted by Crippen LogP contribution is -2.15. The van der Waals surface area contributed by atoms with E-state index in [9.17, 15) is 17.6 Å². The zero-order valence-electron chi connectivity index (χ0n) is 15.0. The molecule has 1 saturated carbocycles. The number of aromatic nitrogens is 2. The number of aromatic carboxylic acids is 1. The third kappa shape index (κ3) is 4.11. The van der Waals surface area contributed by atoms with Crippen LogP contribution in [-0.2, 0) is 16.4 Å². The number of carboxylic acid groups (broad SMARTS) is 1. The van der Waals surface area contributed by atoms with E-state index in [1.54, 1.807) is 24.3 Å². The Kier molecular flexibility index (Phi) is 4.79. The summed E-state index contributed by atoms with van der Waals surface area (Å²) in [5, 5.41) is 13.0. The van der Waals surface area contributed by atoms with Gasteiger partial charge in [-0.05, 0) is 42.7 Å². The van der Waals surface area contributed by atoms with E-state index in [0.717, 1.165) is 31.0 Å². The maximum atomic E-state index is 13.6. The molecule has 10 heteroatoms. The summed E-state index contributed by atoms with van der Waals surface area (Å²) in [5.41, 5.74) is 0.155. The molecular weight excluding hydrogens is 401 g/mol. The topological polar surface area (TPSA) is 122 Å². The second-order valence-electron chi connectivity index (χ2n) is 6.71. The number of anilines is 1. The van der Waals surface area contributed by atoms with Gasteiger partial charge >= 0.3 is 5.97 Å². The molecule has 4 rings (SSSR count). The average Bonchev–Trinajstić information content (AvgIpc) is 3.42. The number of carboxylic acids is 1. The molecule has 0 radical (unpaired) electrons. The average molecular weight is 417 g/mol. The molecule has 1 aliphatic rings. The molecule has 0 atom stereocenters.